The van der Waals surface area contributed by atoms with Crippen LogP contribution in [0.15, 0.2) is 0 Å². The third-order valence-corrected chi connectivity index (χ3v) is 1.90. The van der Waals surface area contributed by atoms with Gasteiger partial charge in [-0.15, -0.1) is 0 Å². The van der Waals surface area contributed by atoms with Crippen molar-refractivity contribution in [2.24, 2.45) is 0 Å². The monoisotopic (exact) mass is 231 g/mol. The number of carboxylic acids is 1. The van der Waals surface area contributed by atoms with Crippen LogP contribution < -0.4 is 5.32 Å². The summed E-state index contributed by atoms with van der Waals surface area (Å²) in [5.41, 5.74) is 0. The zero-order valence-electron chi connectivity index (χ0n) is 9.69. The van der Waals surface area contributed by atoms with Crippen molar-refractivity contribution in [3.05, 3.63) is 0 Å². The molecule has 0 fully saturated rings. The summed E-state index contributed by atoms with van der Waals surface area (Å²) in [7, 11) is 4.64. The molecule has 0 spiro atoms. The normalized spacial score (nSPS) is 9.44. The maximum Gasteiger partial charge on any atom is 0.317 e. The van der Waals surface area contributed by atoms with Gasteiger partial charge in [-0.3, -0.25) is 9.59 Å². The van der Waals surface area contributed by atoms with Gasteiger partial charge in [0.15, 0.2) is 0 Å². The number of likely N-dealkylation sites (N-methyl/N-ethyl adjacent to an activating group) is 1. The Morgan fingerprint density at radius 3 is 2.19 bits per heavy atom. The summed E-state index contributed by atoms with van der Waals surface area (Å²) in [6.45, 7) is 0.0145. The van der Waals surface area contributed by atoms with Crippen LogP contribution in [0.2, 0.25) is 0 Å². The first kappa shape index (κ1) is 14.2. The number of amides is 3. The van der Waals surface area contributed by atoms with E-state index in [-0.39, 0.29) is 25.4 Å². The molecule has 92 valence electrons. The van der Waals surface area contributed by atoms with E-state index in [9.17, 15) is 14.4 Å². The second kappa shape index (κ2) is 6.65. The first-order valence-corrected chi connectivity index (χ1v) is 4.75. The molecule has 0 rings (SSSR count). The number of aliphatic carboxylic acids is 1. The zero-order valence-corrected chi connectivity index (χ0v) is 9.69. The molecule has 0 unspecified atom stereocenters. The van der Waals surface area contributed by atoms with Crippen LogP contribution in [0.3, 0.4) is 0 Å². The first-order chi connectivity index (χ1) is 7.34. The SMILES string of the molecule is CN(C)C(=O)CNC(=O)N(C)CCC(=O)O. The van der Waals surface area contributed by atoms with Crippen LogP contribution >= 0.6 is 0 Å². The predicted octanol–water partition coefficient (Wildman–Crippen LogP) is -0.809. The molecule has 0 aromatic heterocycles. The largest absolute Gasteiger partial charge is 0.481 e. The van der Waals surface area contributed by atoms with Crippen LogP contribution in [0.5, 0.6) is 0 Å². The number of carboxylic acid groups (broad SMARTS) is 1. The second-order valence-corrected chi connectivity index (χ2v) is 3.51. The van der Waals surface area contributed by atoms with Gasteiger partial charge in [0.25, 0.3) is 0 Å². The Morgan fingerprint density at radius 1 is 1.19 bits per heavy atom. The molecule has 16 heavy (non-hydrogen) atoms. The van der Waals surface area contributed by atoms with Gasteiger partial charge in [-0.25, -0.2) is 4.79 Å². The van der Waals surface area contributed by atoms with Crippen molar-refractivity contribution < 1.29 is 19.5 Å². The molecule has 3 amide bonds. The minimum atomic E-state index is -0.969. The Hall–Kier alpha value is -1.79. The van der Waals surface area contributed by atoms with E-state index < -0.39 is 12.0 Å². The van der Waals surface area contributed by atoms with E-state index in [0.29, 0.717) is 0 Å². The summed E-state index contributed by atoms with van der Waals surface area (Å²) in [5, 5.41) is 10.8. The van der Waals surface area contributed by atoms with E-state index in [4.69, 9.17) is 5.11 Å². The number of hydrogen-bond acceptors (Lipinski definition) is 3. The highest BCUT2D eigenvalue weighted by Gasteiger charge is 2.11. The minimum Gasteiger partial charge on any atom is -0.481 e. The molecule has 0 aromatic rings. The van der Waals surface area contributed by atoms with Gasteiger partial charge in [0.05, 0.1) is 13.0 Å². The van der Waals surface area contributed by atoms with Crippen LogP contribution in [-0.2, 0) is 9.59 Å². The third-order valence-electron chi connectivity index (χ3n) is 1.90. The lowest BCUT2D eigenvalue weighted by molar-refractivity contribution is -0.137. The summed E-state index contributed by atoms with van der Waals surface area (Å²) in [6, 6.07) is -0.462. The topological polar surface area (TPSA) is 90.0 Å². The molecule has 0 aromatic carbocycles. The molecule has 0 atom stereocenters. The molecule has 0 heterocycles. The van der Waals surface area contributed by atoms with Gasteiger partial charge in [0, 0.05) is 27.7 Å². The van der Waals surface area contributed by atoms with Crippen molar-refractivity contribution in [1.29, 1.82) is 0 Å². The Bertz CT molecular complexity index is 278. The number of nitrogens with one attached hydrogen (secondary N) is 1. The van der Waals surface area contributed by atoms with E-state index in [0.717, 1.165) is 0 Å². The standard InChI is InChI=1S/C9H17N3O4/c1-11(2)7(13)6-10-9(16)12(3)5-4-8(14)15/h4-6H2,1-3H3,(H,10,16)(H,14,15). The first-order valence-electron chi connectivity index (χ1n) is 4.75. The third kappa shape index (κ3) is 5.84. The summed E-state index contributed by atoms with van der Waals surface area (Å²) in [6.07, 6.45) is -0.119. The summed E-state index contributed by atoms with van der Waals surface area (Å²) in [5.74, 6) is -1.19. The van der Waals surface area contributed by atoms with Crippen molar-refractivity contribution >= 4 is 17.9 Å². The van der Waals surface area contributed by atoms with Gasteiger partial charge in [-0.1, -0.05) is 0 Å². The van der Waals surface area contributed by atoms with Crippen molar-refractivity contribution in [2.45, 2.75) is 6.42 Å². The number of nitrogens with zero attached hydrogens (tertiary/aromatic N) is 2. The Labute approximate surface area is 94.0 Å². The Kier molecular flexibility index (Phi) is 5.91. The second-order valence-electron chi connectivity index (χ2n) is 3.51. The molecule has 7 heteroatoms. The van der Waals surface area contributed by atoms with Gasteiger partial charge in [0.2, 0.25) is 5.91 Å². The molecule has 0 saturated heterocycles. The van der Waals surface area contributed by atoms with E-state index >= 15 is 0 Å². The summed E-state index contributed by atoms with van der Waals surface area (Å²) in [4.78, 5) is 35.3. The lowest BCUT2D eigenvalue weighted by Gasteiger charge is -2.17. The Balaban J connectivity index is 3.88. The summed E-state index contributed by atoms with van der Waals surface area (Å²) < 4.78 is 0. The van der Waals surface area contributed by atoms with Gasteiger partial charge < -0.3 is 20.2 Å². The number of hydrogen-bond donors (Lipinski definition) is 2. The van der Waals surface area contributed by atoms with E-state index in [1.165, 1.54) is 16.8 Å². The highest BCUT2D eigenvalue weighted by atomic mass is 16.4. The lowest BCUT2D eigenvalue weighted by Crippen LogP contribution is -2.43. The highest BCUT2D eigenvalue weighted by Crippen LogP contribution is 1.89. The highest BCUT2D eigenvalue weighted by molar-refractivity contribution is 5.83. The van der Waals surface area contributed by atoms with Crippen LogP contribution in [0, 0.1) is 0 Å². The van der Waals surface area contributed by atoms with Crippen LogP contribution in [0.25, 0.3) is 0 Å². The molecule has 0 radical (unpaired) electrons. The van der Waals surface area contributed by atoms with Crippen molar-refractivity contribution in [3.8, 4) is 0 Å². The number of rotatable bonds is 5. The fourth-order valence-electron chi connectivity index (χ4n) is 0.809. The molecular formula is C9H17N3O4. The predicted molar refractivity (Wildman–Crippen MR) is 57.0 cm³/mol. The zero-order chi connectivity index (χ0) is 12.7. The number of carbonyl (C=O) groups is 3. The average molecular weight is 231 g/mol. The van der Waals surface area contributed by atoms with Crippen LogP contribution in [0.1, 0.15) is 6.42 Å². The molecule has 0 aliphatic rings. The van der Waals surface area contributed by atoms with E-state index in [1.54, 1.807) is 14.1 Å². The smallest absolute Gasteiger partial charge is 0.317 e. The summed E-state index contributed by atoms with van der Waals surface area (Å²) >= 11 is 0. The van der Waals surface area contributed by atoms with Crippen LogP contribution in [-0.4, -0.2) is 67.0 Å². The van der Waals surface area contributed by atoms with Crippen molar-refractivity contribution in [3.63, 3.8) is 0 Å². The lowest BCUT2D eigenvalue weighted by atomic mass is 10.4. The van der Waals surface area contributed by atoms with E-state index in [2.05, 4.69) is 5.32 Å². The molecule has 0 bridgehead atoms. The van der Waals surface area contributed by atoms with Crippen molar-refractivity contribution in [2.75, 3.05) is 34.2 Å². The number of urea groups is 1. The quantitative estimate of drug-likeness (QED) is 0.647. The van der Waals surface area contributed by atoms with Gasteiger partial charge in [-0.05, 0) is 0 Å². The fraction of sp³-hybridized carbons (Fsp3) is 0.667. The van der Waals surface area contributed by atoms with Gasteiger partial charge >= 0.3 is 12.0 Å². The fourth-order valence-corrected chi connectivity index (χ4v) is 0.809. The molecule has 0 aliphatic carbocycles. The van der Waals surface area contributed by atoms with Gasteiger partial charge in [0.1, 0.15) is 0 Å². The maximum atomic E-state index is 11.3. The van der Waals surface area contributed by atoms with E-state index in [1.807, 2.05) is 0 Å². The van der Waals surface area contributed by atoms with Crippen molar-refractivity contribution in [1.82, 2.24) is 15.1 Å². The number of carbonyl (C=O) groups excluding carboxylic acids is 2. The molecular weight excluding hydrogens is 214 g/mol. The molecule has 0 saturated carbocycles. The molecule has 2 N–H and O–H groups in total. The maximum absolute atomic E-state index is 11.3. The molecule has 0 aliphatic heterocycles. The molecule has 7 nitrogen and oxygen atoms in total. The minimum absolute atomic E-state index is 0.0940. The van der Waals surface area contributed by atoms with Crippen LogP contribution in [0.4, 0.5) is 4.79 Å². The Morgan fingerprint density at radius 2 is 1.75 bits per heavy atom. The van der Waals surface area contributed by atoms with Gasteiger partial charge in [-0.2, -0.15) is 0 Å². The average Bonchev–Trinajstić information content (AvgIpc) is 2.21.